The summed E-state index contributed by atoms with van der Waals surface area (Å²) in [6.45, 7) is 0.968. The number of carbonyl (C=O) groups excluding carboxylic acids is 11. The predicted molar refractivity (Wildman–Crippen MR) is 404 cm³/mol. The number of unbranched alkanes of at least 4 members (excludes halogenated alkanes) is 1. The summed E-state index contributed by atoms with van der Waals surface area (Å²) in [6, 6.07) is 16.3. The molecule has 0 bridgehead atoms. The number of pyridine rings is 2. The third kappa shape index (κ3) is 29.9. The number of nitrogens with two attached hydrogens (primary N) is 1. The number of phenols is 1. The number of hydrogen-bond donors (Lipinski definition) is 14. The number of aliphatic hydroxyl groups excluding tert-OH is 1. The molecule has 6 aromatic rings. The number of guanidine groups is 1. The second-order valence-corrected chi connectivity index (χ2v) is 28.1. The van der Waals surface area contributed by atoms with E-state index in [1.54, 1.807) is 67.7 Å². The Morgan fingerprint density at radius 1 is 0.549 bits per heavy atom. The molecule has 10 atom stereocenters. The number of alkyl halides is 6. The lowest BCUT2D eigenvalue weighted by molar-refractivity contribution is -0.142. The Hall–Kier alpha value is -11.5. The number of aliphatic hydroxyl groups is 1. The number of nitrogens with zero attached hydrogens (tertiary/aromatic N) is 4. The first kappa shape index (κ1) is 88.7. The molecule has 7 rings (SSSR count). The Labute approximate surface area is 652 Å². The second-order valence-electron chi connectivity index (χ2n) is 27.7. The Morgan fingerprint density at radius 2 is 1.02 bits per heavy atom. The Morgan fingerprint density at radius 3 is 1.51 bits per heavy atom. The average molecular weight is 1600 g/mol. The number of rotatable bonds is 39. The first-order valence-electron chi connectivity index (χ1n) is 36.4. The molecule has 11 amide bonds. The van der Waals surface area contributed by atoms with Crippen LogP contribution in [0.2, 0.25) is 5.02 Å². The fraction of sp³-hybridized carbons (Fsp3) is 0.429. The molecule has 1 aliphatic heterocycles. The Balaban J connectivity index is 1.13. The second kappa shape index (κ2) is 42.8. The molecule has 113 heavy (non-hydrogen) atoms. The van der Waals surface area contributed by atoms with E-state index in [1.165, 1.54) is 73.9 Å². The van der Waals surface area contributed by atoms with Gasteiger partial charge >= 0.3 is 12.4 Å². The maximum atomic E-state index is 15.1. The molecule has 4 aromatic carbocycles. The highest BCUT2D eigenvalue weighted by molar-refractivity contribution is 6.30. The van der Waals surface area contributed by atoms with Crippen molar-refractivity contribution in [3.8, 4) is 5.75 Å². The van der Waals surface area contributed by atoms with Crippen molar-refractivity contribution in [2.75, 3.05) is 32.8 Å². The summed E-state index contributed by atoms with van der Waals surface area (Å²) in [4.78, 5) is 169. The van der Waals surface area contributed by atoms with Crippen molar-refractivity contribution in [2.45, 2.75) is 171 Å². The van der Waals surface area contributed by atoms with E-state index in [1.807, 2.05) is 36.4 Å². The number of halogens is 7. The summed E-state index contributed by atoms with van der Waals surface area (Å²) < 4.78 is 78.8. The SMILES string of the molecule is CC(=O)NC(Cc1ccc2ccccc2c1)C(=O)NC(Cc1ccc(Cl)cc1)C(=O)NC(Cc1cccnc1)C(=O)NC(CO)C(=O)NC(Cc1ccc(O)cc1)C(=O)NC(Cc1cccnc1)C(=O)NC(CC(C)C)C(=O)NC(CCCCNC(=NCC(F)(F)F)NCC(F)(F)F)C(=O)N1CCCC1C(=O)NC(C)C(N)=O. The van der Waals surface area contributed by atoms with Gasteiger partial charge in [-0.15, -0.1) is 0 Å². The molecule has 0 radical (unpaired) electrons. The molecule has 0 saturated carbocycles. The van der Waals surface area contributed by atoms with Crippen LogP contribution in [0, 0.1) is 5.92 Å². The van der Waals surface area contributed by atoms with Crippen LogP contribution in [0.4, 0.5) is 26.3 Å². The first-order valence-corrected chi connectivity index (χ1v) is 36.8. The number of aliphatic imine (C=N–C) groups is 1. The molecule has 1 aliphatic rings. The van der Waals surface area contributed by atoms with Gasteiger partial charge in [0, 0.05) is 81.9 Å². The third-order valence-corrected chi connectivity index (χ3v) is 18.3. The summed E-state index contributed by atoms with van der Waals surface area (Å²) in [6.07, 6.45) is -5.29. The number of carbonyl (C=O) groups is 11. The lowest BCUT2D eigenvalue weighted by atomic mass is 9.99. The molecule has 1 fully saturated rings. The van der Waals surface area contributed by atoms with Crippen molar-refractivity contribution in [1.29, 1.82) is 0 Å². The van der Waals surface area contributed by atoms with Gasteiger partial charge in [-0.3, -0.25) is 62.7 Å². The number of likely N-dealkylation sites (tertiary alicyclic amines) is 1. The normalized spacial score (nSPS) is 15.4. The molecule has 0 aliphatic carbocycles. The van der Waals surface area contributed by atoms with Crippen molar-refractivity contribution < 1.29 is 89.3 Å². The van der Waals surface area contributed by atoms with E-state index >= 15 is 9.59 Å². The number of hydrogen-bond acceptors (Lipinski definition) is 16. The van der Waals surface area contributed by atoms with Crippen LogP contribution in [-0.4, -0.2) is 202 Å². The standard InChI is InChI=1S/C77H93ClF6N16O13/c1-44(2)32-57(66(105)93-56(74(113)100-31-11-17-64(100)73(112)91-45(3)65(85)104)16-7-8-30-88-75(89-42-76(79,80)81)90-43-77(82,83)84)94-70(109)61(37-50-12-9-28-86-39-50)96-69(108)60(35-48-21-26-55(103)27-22-48)98-72(111)63(41-101)99-71(110)62(38-51-13-10-29-87-40-51)97-68(107)59(34-47-19-24-54(78)25-20-47)95-67(106)58(92-46(4)102)36-49-18-23-52-14-5-6-15-53(52)33-49/h5-6,9-10,12-15,18-29,33,39-40,44-45,56-64,101,103H,7-8,11,16-17,30-32,34-38,41-43H2,1-4H3,(H2,85,104)(H,91,112)(H,92,102)(H,93,105)(H,94,109)(H,95,106)(H,96,108)(H,97,107)(H,98,111)(H,99,110)(H2,88,89,90). The van der Waals surface area contributed by atoms with Gasteiger partial charge in [0.15, 0.2) is 5.96 Å². The molecule has 29 nitrogen and oxygen atoms in total. The predicted octanol–water partition coefficient (Wildman–Crippen LogP) is 3.25. The summed E-state index contributed by atoms with van der Waals surface area (Å²) in [7, 11) is 0. The fourth-order valence-corrected chi connectivity index (χ4v) is 12.4. The van der Waals surface area contributed by atoms with Crippen molar-refractivity contribution >= 4 is 93.3 Å². The van der Waals surface area contributed by atoms with Gasteiger partial charge in [-0.25, -0.2) is 4.99 Å². The smallest absolute Gasteiger partial charge is 0.408 e. The zero-order valence-electron chi connectivity index (χ0n) is 62.3. The van der Waals surface area contributed by atoms with Crippen LogP contribution in [0.25, 0.3) is 10.8 Å². The minimum absolute atomic E-state index is 0.00305. The van der Waals surface area contributed by atoms with Crippen molar-refractivity contribution in [2.24, 2.45) is 16.6 Å². The van der Waals surface area contributed by atoms with Crippen LogP contribution in [0.1, 0.15) is 94.0 Å². The van der Waals surface area contributed by atoms with Crippen LogP contribution in [0.3, 0.4) is 0 Å². The zero-order chi connectivity index (χ0) is 82.5. The maximum absolute atomic E-state index is 15.1. The number of primary amides is 1. The average Bonchev–Trinajstić information content (AvgIpc) is 1.77. The number of nitrogens with one attached hydrogen (secondary N) is 11. The Bertz CT molecular complexity index is 4270. The van der Waals surface area contributed by atoms with Crippen LogP contribution in [-0.2, 0) is 84.8 Å². The number of benzene rings is 4. The summed E-state index contributed by atoms with van der Waals surface area (Å²) >= 11 is 6.23. The van der Waals surface area contributed by atoms with Crippen molar-refractivity contribution in [3.05, 3.63) is 173 Å². The van der Waals surface area contributed by atoms with Crippen LogP contribution in [0.15, 0.2) is 145 Å². The number of phenolic OH excluding ortho intramolecular Hbond substituents is 1. The quantitative estimate of drug-likeness (QED) is 0.0114. The zero-order valence-corrected chi connectivity index (χ0v) is 63.1. The summed E-state index contributed by atoms with van der Waals surface area (Å²) in [5.74, 6) is -11.3. The van der Waals surface area contributed by atoms with Gasteiger partial charge in [0.25, 0.3) is 0 Å². The summed E-state index contributed by atoms with van der Waals surface area (Å²) in [5, 5.41) is 51.2. The van der Waals surface area contributed by atoms with Crippen molar-refractivity contribution in [3.63, 3.8) is 0 Å². The fourth-order valence-electron chi connectivity index (χ4n) is 12.3. The molecular formula is C77H93ClF6N16O13. The highest BCUT2D eigenvalue weighted by Gasteiger charge is 2.41. The van der Waals surface area contributed by atoms with Gasteiger partial charge in [-0.05, 0) is 126 Å². The topological polar surface area (TPSA) is 428 Å². The van der Waals surface area contributed by atoms with E-state index in [2.05, 4.69) is 68.1 Å². The van der Waals surface area contributed by atoms with E-state index in [0.29, 0.717) is 32.8 Å². The lowest BCUT2D eigenvalue weighted by Crippen LogP contribution is -2.62. The number of amides is 11. The number of aromatic nitrogens is 2. The number of fused-ring (bicyclic) bond motifs is 1. The maximum Gasteiger partial charge on any atom is 0.408 e. The monoisotopic (exact) mass is 1600 g/mol. The third-order valence-electron chi connectivity index (χ3n) is 18.0. The largest absolute Gasteiger partial charge is 0.508 e. The van der Waals surface area contributed by atoms with E-state index in [9.17, 15) is 79.7 Å². The van der Waals surface area contributed by atoms with Gasteiger partial charge in [0.05, 0.1) is 6.61 Å². The molecular weight excluding hydrogens is 1510 g/mol. The molecule has 15 N–H and O–H groups in total. The van der Waals surface area contributed by atoms with Crippen LogP contribution < -0.4 is 64.2 Å². The molecule has 10 unspecified atom stereocenters. The van der Waals surface area contributed by atoms with Gasteiger partial charge in [-0.2, -0.15) is 26.3 Å². The van der Waals surface area contributed by atoms with Gasteiger partial charge in [0.1, 0.15) is 79.3 Å². The van der Waals surface area contributed by atoms with E-state index in [-0.39, 0.29) is 89.5 Å². The molecule has 0 spiro atoms. The van der Waals surface area contributed by atoms with Crippen LogP contribution >= 0.6 is 11.6 Å². The first-order chi connectivity index (χ1) is 53.6. The van der Waals surface area contributed by atoms with Gasteiger partial charge in [-0.1, -0.05) is 104 Å². The highest BCUT2D eigenvalue weighted by atomic mass is 35.5. The molecule has 1 saturated heterocycles. The molecule has 3 heterocycles. The van der Waals surface area contributed by atoms with Gasteiger partial charge < -0.3 is 79.3 Å². The molecule has 2 aromatic heterocycles. The summed E-state index contributed by atoms with van der Waals surface area (Å²) in [5.41, 5.74) is 7.68. The van der Waals surface area contributed by atoms with E-state index in [4.69, 9.17) is 17.3 Å². The minimum atomic E-state index is -4.87. The number of aromatic hydroxyl groups is 1. The van der Waals surface area contributed by atoms with E-state index in [0.717, 1.165) is 10.8 Å². The minimum Gasteiger partial charge on any atom is -0.508 e. The van der Waals surface area contributed by atoms with E-state index < -0.39 is 169 Å². The van der Waals surface area contributed by atoms with Gasteiger partial charge in [0.2, 0.25) is 65.0 Å². The molecule has 608 valence electrons. The van der Waals surface area contributed by atoms with Crippen LogP contribution in [0.5, 0.6) is 5.75 Å². The molecule has 36 heteroatoms. The van der Waals surface area contributed by atoms with Crippen molar-refractivity contribution in [1.82, 2.24) is 73.4 Å². The Kier molecular flexibility index (Phi) is 33.6. The lowest BCUT2D eigenvalue weighted by Gasteiger charge is -2.31. The highest BCUT2D eigenvalue weighted by Crippen LogP contribution is 2.24.